The van der Waals surface area contributed by atoms with Crippen LogP contribution in [0.3, 0.4) is 0 Å². The van der Waals surface area contributed by atoms with Gasteiger partial charge >= 0.3 is 0 Å². The average molecular weight is 340 g/mol. The fraction of sp³-hybridized carbons (Fsp3) is 0.368. The Labute approximate surface area is 146 Å². The molecular weight excluding hydrogens is 320 g/mol. The molecule has 4 rings (SSSR count). The Hall–Kier alpha value is -2.76. The van der Waals surface area contributed by atoms with Crippen LogP contribution in [0.15, 0.2) is 47.1 Å². The maximum Gasteiger partial charge on any atom is 0.289 e. The van der Waals surface area contributed by atoms with Crippen molar-refractivity contribution in [2.45, 2.75) is 6.42 Å². The number of furan rings is 1. The monoisotopic (exact) mass is 340 g/mol. The lowest BCUT2D eigenvalue weighted by atomic mass is 9.95. The third-order valence-electron chi connectivity index (χ3n) is 4.84. The number of amides is 2. The van der Waals surface area contributed by atoms with E-state index in [0.717, 1.165) is 11.3 Å². The Kier molecular flexibility index (Phi) is 4.17. The van der Waals surface area contributed by atoms with Gasteiger partial charge in [-0.3, -0.25) is 9.59 Å². The predicted molar refractivity (Wildman–Crippen MR) is 90.3 cm³/mol. The topological polar surface area (TPSA) is 63.0 Å². The molecule has 2 aliphatic rings. The highest BCUT2D eigenvalue weighted by Gasteiger charge is 2.32. The van der Waals surface area contributed by atoms with Crippen molar-refractivity contribution in [1.29, 1.82) is 0 Å². The summed E-state index contributed by atoms with van der Waals surface area (Å²) >= 11 is 0. The van der Waals surface area contributed by atoms with Gasteiger partial charge in [-0.15, -0.1) is 0 Å². The van der Waals surface area contributed by atoms with E-state index in [9.17, 15) is 9.59 Å². The molecule has 1 aromatic heterocycles. The summed E-state index contributed by atoms with van der Waals surface area (Å²) in [5, 5.41) is 0. The van der Waals surface area contributed by atoms with Gasteiger partial charge in [-0.1, -0.05) is 18.2 Å². The lowest BCUT2D eigenvalue weighted by Crippen LogP contribution is -2.53. The molecule has 2 amide bonds. The standard InChI is InChI=1S/C19H20N2O4/c22-18(15-12-14-4-1-2-5-16(14)25-13-15)20-7-9-21(10-8-20)19(23)17-6-3-11-24-17/h1-6,11,15H,7-10,12-13H2. The van der Waals surface area contributed by atoms with Crippen molar-refractivity contribution < 1.29 is 18.7 Å². The fourth-order valence-corrected chi connectivity index (χ4v) is 3.43. The minimum absolute atomic E-state index is 0.111. The van der Waals surface area contributed by atoms with Gasteiger partial charge in [-0.25, -0.2) is 0 Å². The average Bonchev–Trinajstić information content (AvgIpc) is 3.21. The number of benzene rings is 1. The molecule has 2 aromatic rings. The number of para-hydroxylation sites is 1. The highest BCUT2D eigenvalue weighted by Crippen LogP contribution is 2.28. The second-order valence-corrected chi connectivity index (χ2v) is 6.41. The van der Waals surface area contributed by atoms with Crippen LogP contribution in [0.25, 0.3) is 0 Å². The molecule has 1 aromatic carbocycles. The van der Waals surface area contributed by atoms with Crippen LogP contribution in [0.1, 0.15) is 16.1 Å². The van der Waals surface area contributed by atoms with E-state index in [0.29, 0.717) is 45.0 Å². The zero-order chi connectivity index (χ0) is 17.2. The maximum atomic E-state index is 12.8. The van der Waals surface area contributed by atoms with Crippen molar-refractivity contribution in [1.82, 2.24) is 9.80 Å². The summed E-state index contributed by atoms with van der Waals surface area (Å²) in [5.74, 6) is 1.06. The zero-order valence-electron chi connectivity index (χ0n) is 13.9. The van der Waals surface area contributed by atoms with E-state index in [1.807, 2.05) is 29.2 Å². The number of carbonyl (C=O) groups is 2. The summed E-state index contributed by atoms with van der Waals surface area (Å²) in [6.45, 7) is 2.55. The summed E-state index contributed by atoms with van der Waals surface area (Å²) in [6, 6.07) is 11.2. The molecule has 6 nitrogen and oxygen atoms in total. The molecule has 0 bridgehead atoms. The fourth-order valence-electron chi connectivity index (χ4n) is 3.43. The Morgan fingerprint density at radius 3 is 2.48 bits per heavy atom. The van der Waals surface area contributed by atoms with Crippen molar-refractivity contribution >= 4 is 11.8 Å². The Balaban J connectivity index is 1.35. The molecule has 0 saturated carbocycles. The van der Waals surface area contributed by atoms with Crippen LogP contribution >= 0.6 is 0 Å². The van der Waals surface area contributed by atoms with E-state index in [2.05, 4.69) is 0 Å². The van der Waals surface area contributed by atoms with Crippen LogP contribution in [0.2, 0.25) is 0 Å². The van der Waals surface area contributed by atoms with Crippen molar-refractivity contribution in [3.8, 4) is 5.75 Å². The van der Waals surface area contributed by atoms with Crippen LogP contribution in [0.5, 0.6) is 5.75 Å². The molecule has 0 N–H and O–H groups in total. The molecule has 130 valence electrons. The quantitative estimate of drug-likeness (QED) is 0.836. The largest absolute Gasteiger partial charge is 0.492 e. The summed E-state index contributed by atoms with van der Waals surface area (Å²) in [6.07, 6.45) is 2.20. The van der Waals surface area contributed by atoms with E-state index in [-0.39, 0.29) is 17.7 Å². The number of hydrogen-bond acceptors (Lipinski definition) is 4. The first-order chi connectivity index (χ1) is 12.2. The molecule has 0 aliphatic carbocycles. The predicted octanol–water partition coefficient (Wildman–Crippen LogP) is 1.82. The van der Waals surface area contributed by atoms with E-state index >= 15 is 0 Å². The first-order valence-electron chi connectivity index (χ1n) is 8.54. The van der Waals surface area contributed by atoms with Gasteiger partial charge in [-0.2, -0.15) is 0 Å². The van der Waals surface area contributed by atoms with Gasteiger partial charge in [0.15, 0.2) is 5.76 Å². The Morgan fingerprint density at radius 1 is 0.960 bits per heavy atom. The molecule has 0 spiro atoms. The number of fused-ring (bicyclic) bond motifs is 1. The molecule has 1 unspecified atom stereocenters. The lowest BCUT2D eigenvalue weighted by molar-refractivity contribution is -0.138. The summed E-state index contributed by atoms with van der Waals surface area (Å²) in [4.78, 5) is 28.6. The van der Waals surface area contributed by atoms with Crippen LogP contribution in [0.4, 0.5) is 0 Å². The third-order valence-corrected chi connectivity index (χ3v) is 4.84. The van der Waals surface area contributed by atoms with Crippen molar-refractivity contribution in [3.63, 3.8) is 0 Å². The van der Waals surface area contributed by atoms with Crippen LogP contribution < -0.4 is 4.74 Å². The summed E-state index contributed by atoms with van der Waals surface area (Å²) < 4.78 is 10.9. The zero-order valence-corrected chi connectivity index (χ0v) is 13.9. The Bertz CT molecular complexity index is 763. The van der Waals surface area contributed by atoms with Gasteiger partial charge in [0.05, 0.1) is 12.2 Å². The molecule has 25 heavy (non-hydrogen) atoms. The van der Waals surface area contributed by atoms with Crippen molar-refractivity contribution in [3.05, 3.63) is 54.0 Å². The summed E-state index contributed by atoms with van der Waals surface area (Å²) in [5.41, 5.74) is 1.08. The van der Waals surface area contributed by atoms with E-state index in [1.165, 1.54) is 6.26 Å². The van der Waals surface area contributed by atoms with Crippen molar-refractivity contribution in [2.24, 2.45) is 5.92 Å². The second-order valence-electron chi connectivity index (χ2n) is 6.41. The van der Waals surface area contributed by atoms with E-state index in [1.54, 1.807) is 17.0 Å². The third kappa shape index (κ3) is 3.12. The smallest absolute Gasteiger partial charge is 0.289 e. The molecule has 1 fully saturated rings. The minimum Gasteiger partial charge on any atom is -0.492 e. The molecule has 6 heteroatoms. The van der Waals surface area contributed by atoms with Crippen LogP contribution in [0, 0.1) is 5.92 Å². The number of nitrogens with zero attached hydrogens (tertiary/aromatic N) is 2. The Morgan fingerprint density at radius 2 is 1.72 bits per heavy atom. The second kappa shape index (κ2) is 6.63. The number of ether oxygens (including phenoxy) is 1. The highest BCUT2D eigenvalue weighted by atomic mass is 16.5. The van der Waals surface area contributed by atoms with Gasteiger partial charge in [0.1, 0.15) is 12.4 Å². The number of carbonyl (C=O) groups excluding carboxylic acids is 2. The van der Waals surface area contributed by atoms with E-state index in [4.69, 9.17) is 9.15 Å². The van der Waals surface area contributed by atoms with Crippen molar-refractivity contribution in [2.75, 3.05) is 32.8 Å². The number of piperazine rings is 1. The van der Waals surface area contributed by atoms with Gasteiger partial charge in [-0.05, 0) is 30.2 Å². The minimum atomic E-state index is -0.151. The molecular formula is C19H20N2O4. The number of hydrogen-bond donors (Lipinski definition) is 0. The highest BCUT2D eigenvalue weighted by molar-refractivity contribution is 5.91. The number of rotatable bonds is 2. The summed E-state index contributed by atoms with van der Waals surface area (Å²) in [7, 11) is 0. The molecule has 2 aliphatic heterocycles. The molecule has 0 radical (unpaired) electrons. The molecule has 3 heterocycles. The SMILES string of the molecule is O=C(c1ccco1)N1CCN(C(=O)C2COc3ccccc3C2)CC1. The first-order valence-corrected chi connectivity index (χ1v) is 8.54. The molecule has 1 atom stereocenters. The van der Waals surface area contributed by atoms with Gasteiger partial charge in [0.2, 0.25) is 5.91 Å². The molecule has 1 saturated heterocycles. The van der Waals surface area contributed by atoms with Crippen LogP contribution in [-0.4, -0.2) is 54.4 Å². The normalized spacial score (nSPS) is 19.9. The lowest BCUT2D eigenvalue weighted by Gasteiger charge is -2.37. The van der Waals surface area contributed by atoms with Crippen LogP contribution in [-0.2, 0) is 11.2 Å². The van der Waals surface area contributed by atoms with E-state index < -0.39 is 0 Å². The van der Waals surface area contributed by atoms with Gasteiger partial charge in [0.25, 0.3) is 5.91 Å². The van der Waals surface area contributed by atoms with Gasteiger partial charge in [0, 0.05) is 26.2 Å². The first kappa shape index (κ1) is 15.7. The maximum absolute atomic E-state index is 12.8. The van der Waals surface area contributed by atoms with Gasteiger partial charge < -0.3 is 19.0 Å².